The number of carbonyl (C=O) groups excluding carboxylic acids is 1. The Hall–Kier alpha value is -3.83. The van der Waals surface area contributed by atoms with Crippen molar-refractivity contribution in [3.63, 3.8) is 0 Å². The van der Waals surface area contributed by atoms with Crippen molar-refractivity contribution in [3.05, 3.63) is 104 Å². The van der Waals surface area contributed by atoms with Crippen LogP contribution in [0.25, 0.3) is 16.8 Å². The highest BCUT2D eigenvalue weighted by atomic mass is 127. The van der Waals surface area contributed by atoms with Gasteiger partial charge in [0.05, 0.1) is 10.7 Å². The van der Waals surface area contributed by atoms with E-state index in [4.69, 9.17) is 9.47 Å². The van der Waals surface area contributed by atoms with E-state index in [1.807, 2.05) is 68.4 Å². The number of benzene rings is 4. The number of carbonyl (C=O) groups is 1. The summed E-state index contributed by atoms with van der Waals surface area (Å²) in [5, 5.41) is 14.8. The van der Waals surface area contributed by atoms with E-state index in [-0.39, 0.29) is 5.57 Å². The SMILES string of the molecule is COc1cc(/C=C(\C#N)C(=O)Nc2ccc(C)cc2C)cc(I)c1OCc1cccc2ccccc12. The van der Waals surface area contributed by atoms with Gasteiger partial charge in [-0.05, 0) is 88.2 Å². The highest BCUT2D eigenvalue weighted by Gasteiger charge is 2.15. The number of amides is 1. The molecule has 180 valence electrons. The quantitative estimate of drug-likeness (QED) is 0.141. The first-order valence-electron chi connectivity index (χ1n) is 11.4. The number of nitrogens with zero attached hydrogens (tertiary/aromatic N) is 1. The fourth-order valence-electron chi connectivity index (χ4n) is 3.99. The number of halogens is 1. The molecule has 0 spiro atoms. The molecule has 6 heteroatoms. The maximum absolute atomic E-state index is 12.8. The number of nitriles is 1. The van der Waals surface area contributed by atoms with Gasteiger partial charge in [0, 0.05) is 5.69 Å². The number of hydrogen-bond donors (Lipinski definition) is 1. The van der Waals surface area contributed by atoms with Gasteiger partial charge in [0.25, 0.3) is 5.91 Å². The summed E-state index contributed by atoms with van der Waals surface area (Å²) < 4.78 is 12.6. The second-order valence-electron chi connectivity index (χ2n) is 8.40. The lowest BCUT2D eigenvalue weighted by Crippen LogP contribution is -2.14. The van der Waals surface area contributed by atoms with Gasteiger partial charge < -0.3 is 14.8 Å². The third kappa shape index (κ3) is 5.69. The minimum atomic E-state index is -0.463. The second-order valence-corrected chi connectivity index (χ2v) is 9.57. The molecule has 0 radical (unpaired) electrons. The standard InChI is InChI=1S/C30H25IN2O3/c1-19-11-12-27(20(2)13-19)33-30(34)24(17-32)14-21-15-26(31)29(28(16-21)35-3)36-18-23-9-6-8-22-7-4-5-10-25(22)23/h4-16H,18H2,1-3H3,(H,33,34)/b24-14+. The molecule has 4 aromatic carbocycles. The van der Waals surface area contributed by atoms with Crippen molar-refractivity contribution in [1.82, 2.24) is 0 Å². The summed E-state index contributed by atoms with van der Waals surface area (Å²) in [6.45, 7) is 4.29. The predicted molar refractivity (Wildman–Crippen MR) is 152 cm³/mol. The lowest BCUT2D eigenvalue weighted by Gasteiger charge is -2.15. The summed E-state index contributed by atoms with van der Waals surface area (Å²) in [5.74, 6) is 0.677. The molecule has 0 bridgehead atoms. The Kier molecular flexibility index (Phi) is 7.91. The molecule has 4 rings (SSSR count). The second kappa shape index (κ2) is 11.3. The van der Waals surface area contributed by atoms with Crippen molar-refractivity contribution < 1.29 is 14.3 Å². The van der Waals surface area contributed by atoms with Gasteiger partial charge >= 0.3 is 0 Å². The Labute approximate surface area is 224 Å². The van der Waals surface area contributed by atoms with Crippen LogP contribution in [0.15, 0.2) is 78.4 Å². The smallest absolute Gasteiger partial charge is 0.266 e. The van der Waals surface area contributed by atoms with Gasteiger partial charge in [0.15, 0.2) is 11.5 Å². The third-order valence-electron chi connectivity index (χ3n) is 5.81. The molecule has 0 aliphatic heterocycles. The van der Waals surface area contributed by atoms with E-state index in [0.717, 1.165) is 31.0 Å². The van der Waals surface area contributed by atoms with Crippen LogP contribution in [0.4, 0.5) is 5.69 Å². The Balaban J connectivity index is 1.57. The van der Waals surface area contributed by atoms with Crippen molar-refractivity contribution in [2.75, 3.05) is 12.4 Å². The zero-order valence-corrected chi connectivity index (χ0v) is 22.4. The number of hydrogen-bond acceptors (Lipinski definition) is 4. The van der Waals surface area contributed by atoms with Gasteiger partial charge in [-0.1, -0.05) is 60.2 Å². The van der Waals surface area contributed by atoms with Crippen molar-refractivity contribution in [3.8, 4) is 17.6 Å². The highest BCUT2D eigenvalue weighted by Crippen LogP contribution is 2.35. The average Bonchev–Trinajstić information content (AvgIpc) is 2.87. The van der Waals surface area contributed by atoms with Gasteiger partial charge in [-0.3, -0.25) is 4.79 Å². The van der Waals surface area contributed by atoms with Crippen molar-refractivity contribution in [2.45, 2.75) is 20.5 Å². The molecule has 0 fully saturated rings. The summed E-state index contributed by atoms with van der Waals surface area (Å²) in [5.41, 5.74) is 4.45. The summed E-state index contributed by atoms with van der Waals surface area (Å²) in [6.07, 6.45) is 1.55. The molecule has 0 atom stereocenters. The van der Waals surface area contributed by atoms with Crippen LogP contribution in [0.1, 0.15) is 22.3 Å². The van der Waals surface area contributed by atoms with Gasteiger partial charge in [0.1, 0.15) is 18.2 Å². The molecule has 0 aliphatic carbocycles. The monoisotopic (exact) mass is 588 g/mol. The van der Waals surface area contributed by atoms with Gasteiger partial charge in [-0.2, -0.15) is 5.26 Å². The van der Waals surface area contributed by atoms with Gasteiger partial charge in [-0.25, -0.2) is 0 Å². The minimum Gasteiger partial charge on any atom is -0.493 e. The summed E-state index contributed by atoms with van der Waals surface area (Å²) in [4.78, 5) is 12.8. The molecule has 1 amide bonds. The molecular weight excluding hydrogens is 563 g/mol. The van der Waals surface area contributed by atoms with Crippen LogP contribution in [0.3, 0.4) is 0 Å². The first-order chi connectivity index (χ1) is 17.4. The molecular formula is C30H25IN2O3. The van der Waals surface area contributed by atoms with Crippen LogP contribution in [0.5, 0.6) is 11.5 Å². The Bertz CT molecular complexity index is 1510. The van der Waals surface area contributed by atoms with E-state index >= 15 is 0 Å². The van der Waals surface area contributed by atoms with Crippen LogP contribution < -0.4 is 14.8 Å². The number of aryl methyl sites for hydroxylation is 2. The maximum atomic E-state index is 12.8. The normalized spacial score (nSPS) is 11.1. The van der Waals surface area contributed by atoms with Crippen LogP contribution in [-0.4, -0.2) is 13.0 Å². The lowest BCUT2D eigenvalue weighted by atomic mass is 10.1. The van der Waals surface area contributed by atoms with E-state index in [9.17, 15) is 10.1 Å². The van der Waals surface area contributed by atoms with E-state index in [0.29, 0.717) is 29.4 Å². The average molecular weight is 588 g/mol. The number of anilines is 1. The fraction of sp³-hybridized carbons (Fsp3) is 0.133. The van der Waals surface area contributed by atoms with Crippen LogP contribution in [0, 0.1) is 28.7 Å². The van der Waals surface area contributed by atoms with E-state index in [2.05, 4.69) is 46.1 Å². The first-order valence-corrected chi connectivity index (χ1v) is 12.4. The van der Waals surface area contributed by atoms with Gasteiger partial charge in [-0.15, -0.1) is 0 Å². The number of rotatable bonds is 7. The molecule has 0 heterocycles. The van der Waals surface area contributed by atoms with Crippen molar-refractivity contribution >= 4 is 51.0 Å². The number of fused-ring (bicyclic) bond motifs is 1. The fourth-order valence-corrected chi connectivity index (χ4v) is 4.77. The largest absolute Gasteiger partial charge is 0.493 e. The molecule has 36 heavy (non-hydrogen) atoms. The number of ether oxygens (including phenoxy) is 2. The van der Waals surface area contributed by atoms with E-state index in [1.54, 1.807) is 19.3 Å². The number of methoxy groups -OCH3 is 1. The summed E-state index contributed by atoms with van der Waals surface area (Å²) >= 11 is 2.18. The molecule has 0 aliphatic rings. The zero-order valence-electron chi connectivity index (χ0n) is 20.3. The van der Waals surface area contributed by atoms with E-state index < -0.39 is 5.91 Å². The Morgan fingerprint density at radius 2 is 1.83 bits per heavy atom. The topological polar surface area (TPSA) is 71.3 Å². The highest BCUT2D eigenvalue weighted by molar-refractivity contribution is 14.1. The van der Waals surface area contributed by atoms with Crippen molar-refractivity contribution in [2.24, 2.45) is 0 Å². The molecule has 1 N–H and O–H groups in total. The van der Waals surface area contributed by atoms with Crippen LogP contribution in [-0.2, 0) is 11.4 Å². The summed E-state index contributed by atoms with van der Waals surface area (Å²) in [7, 11) is 1.57. The number of nitrogens with one attached hydrogen (secondary N) is 1. The maximum Gasteiger partial charge on any atom is 0.266 e. The Morgan fingerprint density at radius 1 is 1.06 bits per heavy atom. The van der Waals surface area contributed by atoms with E-state index in [1.165, 1.54) is 0 Å². The molecule has 0 unspecified atom stereocenters. The van der Waals surface area contributed by atoms with Crippen molar-refractivity contribution in [1.29, 1.82) is 5.26 Å². The molecule has 0 saturated carbocycles. The lowest BCUT2D eigenvalue weighted by molar-refractivity contribution is -0.112. The molecule has 5 nitrogen and oxygen atoms in total. The van der Waals surface area contributed by atoms with Crippen LogP contribution >= 0.6 is 22.6 Å². The summed E-state index contributed by atoms with van der Waals surface area (Å²) in [6, 6.07) is 25.7. The van der Waals surface area contributed by atoms with Crippen LogP contribution in [0.2, 0.25) is 0 Å². The minimum absolute atomic E-state index is 0.00254. The predicted octanol–water partition coefficient (Wildman–Crippen LogP) is 7.19. The molecule has 0 aromatic heterocycles. The van der Waals surface area contributed by atoms with Gasteiger partial charge in [0.2, 0.25) is 0 Å². The Morgan fingerprint density at radius 3 is 2.58 bits per heavy atom. The molecule has 0 saturated heterocycles. The third-order valence-corrected chi connectivity index (χ3v) is 6.61. The first kappa shape index (κ1) is 25.3. The zero-order chi connectivity index (χ0) is 25.7. The molecule has 4 aromatic rings.